The predicted octanol–water partition coefficient (Wildman–Crippen LogP) is 2.05. The van der Waals surface area contributed by atoms with Crippen LogP contribution in [0.5, 0.6) is 0 Å². The quantitative estimate of drug-likeness (QED) is 0.837. The molecular formula is C15H24N4O. The number of nitrogens with one attached hydrogen (secondary N) is 1. The maximum absolute atomic E-state index is 11.8. The Balaban J connectivity index is 1.79. The lowest BCUT2D eigenvalue weighted by Gasteiger charge is -2.32. The molecule has 0 aliphatic carbocycles. The minimum atomic E-state index is 0.0280. The van der Waals surface area contributed by atoms with Crippen molar-refractivity contribution >= 4 is 6.03 Å². The molecule has 5 nitrogen and oxygen atoms in total. The molecule has 1 aliphatic heterocycles. The highest BCUT2D eigenvalue weighted by molar-refractivity contribution is 5.74. The summed E-state index contributed by atoms with van der Waals surface area (Å²) in [6, 6.07) is 0.0280. The Hall–Kier alpha value is -1.78. The number of imidazole rings is 1. The van der Waals surface area contributed by atoms with Crippen LogP contribution >= 0.6 is 0 Å². The molecule has 110 valence electrons. The van der Waals surface area contributed by atoms with Crippen LogP contribution in [0.15, 0.2) is 25.0 Å². The fraction of sp³-hybridized carbons (Fsp3) is 0.600. The van der Waals surface area contributed by atoms with Crippen LogP contribution in [0.3, 0.4) is 0 Å². The van der Waals surface area contributed by atoms with E-state index >= 15 is 0 Å². The number of piperidine rings is 1. The molecular weight excluding hydrogens is 252 g/mol. The average Bonchev–Trinajstić information content (AvgIpc) is 2.92. The molecule has 2 heterocycles. The van der Waals surface area contributed by atoms with Crippen LogP contribution in [0.25, 0.3) is 0 Å². The second-order valence-electron chi connectivity index (χ2n) is 5.25. The summed E-state index contributed by atoms with van der Waals surface area (Å²) in [5, 5.41) is 2.83. The van der Waals surface area contributed by atoms with E-state index in [1.807, 2.05) is 11.1 Å². The Kier molecular flexibility index (Phi) is 5.21. The number of urea groups is 1. The number of aromatic nitrogens is 2. The molecule has 0 spiro atoms. The Morgan fingerprint density at radius 3 is 2.95 bits per heavy atom. The van der Waals surface area contributed by atoms with Crippen LogP contribution in [0.2, 0.25) is 0 Å². The second-order valence-corrected chi connectivity index (χ2v) is 5.25. The van der Waals surface area contributed by atoms with Crippen LogP contribution in [0.4, 0.5) is 4.79 Å². The zero-order valence-corrected chi connectivity index (χ0v) is 12.2. The molecule has 0 unspecified atom stereocenters. The number of likely N-dealkylation sites (tertiary alicyclic amines) is 1. The van der Waals surface area contributed by atoms with Gasteiger partial charge in [-0.05, 0) is 18.8 Å². The second kappa shape index (κ2) is 7.12. The maximum Gasteiger partial charge on any atom is 0.317 e. The first-order valence-corrected chi connectivity index (χ1v) is 7.38. The van der Waals surface area contributed by atoms with Crippen molar-refractivity contribution in [1.29, 1.82) is 0 Å². The Labute approximate surface area is 120 Å². The normalized spacial score (nSPS) is 16.1. The van der Waals surface area contributed by atoms with E-state index in [9.17, 15) is 4.79 Å². The molecule has 2 amide bonds. The van der Waals surface area contributed by atoms with E-state index in [1.54, 1.807) is 6.08 Å². The van der Waals surface area contributed by atoms with Gasteiger partial charge in [0.15, 0.2) is 0 Å². The monoisotopic (exact) mass is 276 g/mol. The lowest BCUT2D eigenvalue weighted by atomic mass is 9.97. The van der Waals surface area contributed by atoms with Gasteiger partial charge in [-0.25, -0.2) is 9.78 Å². The summed E-state index contributed by atoms with van der Waals surface area (Å²) >= 11 is 0. The molecule has 0 saturated carbocycles. The lowest BCUT2D eigenvalue weighted by molar-refractivity contribution is 0.166. The molecule has 5 heteroatoms. The highest BCUT2D eigenvalue weighted by atomic mass is 16.2. The van der Waals surface area contributed by atoms with Crippen LogP contribution in [0, 0.1) is 5.92 Å². The summed E-state index contributed by atoms with van der Waals surface area (Å²) in [7, 11) is 0. The summed E-state index contributed by atoms with van der Waals surface area (Å²) in [6.07, 6.45) is 8.72. The number of carbonyl (C=O) groups is 1. The molecule has 1 saturated heterocycles. The third-order valence-electron chi connectivity index (χ3n) is 3.87. The van der Waals surface area contributed by atoms with Crippen molar-refractivity contribution in [3.63, 3.8) is 0 Å². The molecule has 0 atom stereocenters. The molecule has 0 aromatic carbocycles. The van der Waals surface area contributed by atoms with Crippen LogP contribution in [0.1, 0.15) is 25.6 Å². The first kappa shape index (κ1) is 14.6. The summed E-state index contributed by atoms with van der Waals surface area (Å²) in [4.78, 5) is 18.1. The predicted molar refractivity (Wildman–Crippen MR) is 79.5 cm³/mol. The standard InChI is InChI=1S/C15H24N4O/c1-3-7-17-15(20)18-9-5-13(6-10-18)12-19-11-8-16-14(19)4-2/h3,8,11,13H,1,4-7,9-10,12H2,2H3,(H,17,20). The van der Waals surface area contributed by atoms with E-state index < -0.39 is 0 Å². The van der Waals surface area contributed by atoms with Crippen LogP contribution in [-0.4, -0.2) is 40.1 Å². The fourth-order valence-corrected chi connectivity index (χ4v) is 2.69. The lowest BCUT2D eigenvalue weighted by Crippen LogP contribution is -2.44. The van der Waals surface area contributed by atoms with Gasteiger partial charge in [-0.2, -0.15) is 0 Å². The molecule has 1 aromatic heterocycles. The number of hydrogen-bond donors (Lipinski definition) is 1. The van der Waals surface area contributed by atoms with Gasteiger partial charge in [0.2, 0.25) is 0 Å². The summed E-state index contributed by atoms with van der Waals surface area (Å²) in [5.41, 5.74) is 0. The summed E-state index contributed by atoms with van der Waals surface area (Å²) in [5.74, 6) is 1.79. The summed E-state index contributed by atoms with van der Waals surface area (Å²) in [6.45, 7) is 8.97. The number of nitrogens with zero attached hydrogens (tertiary/aromatic N) is 3. The van der Waals surface area contributed by atoms with E-state index in [0.717, 1.165) is 44.7 Å². The minimum Gasteiger partial charge on any atom is -0.335 e. The number of hydrogen-bond acceptors (Lipinski definition) is 2. The largest absolute Gasteiger partial charge is 0.335 e. The highest BCUT2D eigenvalue weighted by Crippen LogP contribution is 2.19. The van der Waals surface area contributed by atoms with Crippen molar-refractivity contribution in [3.8, 4) is 0 Å². The van der Waals surface area contributed by atoms with Gasteiger partial charge in [-0.15, -0.1) is 6.58 Å². The van der Waals surface area contributed by atoms with Crippen LogP contribution < -0.4 is 5.32 Å². The first-order chi connectivity index (χ1) is 9.74. The average molecular weight is 276 g/mol. The number of rotatable bonds is 5. The van der Waals surface area contributed by atoms with Gasteiger partial charge < -0.3 is 14.8 Å². The van der Waals surface area contributed by atoms with Gasteiger partial charge in [0.1, 0.15) is 5.82 Å². The van der Waals surface area contributed by atoms with Crippen molar-refractivity contribution in [2.24, 2.45) is 5.92 Å². The molecule has 0 radical (unpaired) electrons. The van der Waals surface area contributed by atoms with Crippen molar-refractivity contribution in [1.82, 2.24) is 19.8 Å². The topological polar surface area (TPSA) is 50.2 Å². The van der Waals surface area contributed by atoms with Gasteiger partial charge >= 0.3 is 6.03 Å². The Bertz CT molecular complexity index is 446. The van der Waals surface area contributed by atoms with Gasteiger partial charge in [-0.3, -0.25) is 0 Å². The Morgan fingerprint density at radius 1 is 1.55 bits per heavy atom. The van der Waals surface area contributed by atoms with Crippen molar-refractivity contribution in [3.05, 3.63) is 30.9 Å². The zero-order valence-electron chi connectivity index (χ0n) is 12.2. The molecule has 0 bridgehead atoms. The van der Waals surface area contributed by atoms with Gasteiger partial charge in [0, 0.05) is 45.0 Å². The van der Waals surface area contributed by atoms with E-state index in [0.29, 0.717) is 12.5 Å². The van der Waals surface area contributed by atoms with E-state index in [-0.39, 0.29) is 6.03 Å². The third-order valence-corrected chi connectivity index (χ3v) is 3.87. The molecule has 20 heavy (non-hydrogen) atoms. The molecule has 1 aliphatic rings. The van der Waals surface area contributed by atoms with Crippen molar-refractivity contribution < 1.29 is 4.79 Å². The van der Waals surface area contributed by atoms with Crippen LogP contribution in [-0.2, 0) is 13.0 Å². The van der Waals surface area contributed by atoms with Gasteiger partial charge in [0.05, 0.1) is 0 Å². The van der Waals surface area contributed by atoms with E-state index in [1.165, 1.54) is 0 Å². The fourth-order valence-electron chi connectivity index (χ4n) is 2.69. The molecule has 1 fully saturated rings. The summed E-state index contributed by atoms with van der Waals surface area (Å²) < 4.78 is 2.25. The molecule has 2 rings (SSSR count). The number of carbonyl (C=O) groups excluding carboxylic acids is 1. The van der Waals surface area contributed by atoms with Crippen molar-refractivity contribution in [2.45, 2.75) is 32.7 Å². The van der Waals surface area contributed by atoms with Gasteiger partial charge in [-0.1, -0.05) is 13.0 Å². The SMILES string of the molecule is C=CCNC(=O)N1CCC(Cn2ccnc2CC)CC1. The maximum atomic E-state index is 11.8. The van der Waals surface area contributed by atoms with Gasteiger partial charge in [0.25, 0.3) is 0 Å². The Morgan fingerprint density at radius 2 is 2.30 bits per heavy atom. The highest BCUT2D eigenvalue weighted by Gasteiger charge is 2.22. The first-order valence-electron chi connectivity index (χ1n) is 7.38. The molecule has 1 aromatic rings. The number of aryl methyl sites for hydroxylation is 1. The minimum absolute atomic E-state index is 0.0280. The van der Waals surface area contributed by atoms with E-state index in [2.05, 4.69) is 34.6 Å². The number of amides is 2. The molecule has 1 N–H and O–H groups in total. The third kappa shape index (κ3) is 3.62. The smallest absolute Gasteiger partial charge is 0.317 e. The zero-order chi connectivity index (χ0) is 14.4. The van der Waals surface area contributed by atoms with E-state index in [4.69, 9.17) is 0 Å². The van der Waals surface area contributed by atoms with Crippen molar-refractivity contribution in [2.75, 3.05) is 19.6 Å².